The van der Waals surface area contributed by atoms with Crippen molar-refractivity contribution in [1.29, 1.82) is 0 Å². The molecule has 2 aliphatic heterocycles. The number of nitrogens with zero attached hydrogens (tertiary/aromatic N) is 8. The van der Waals surface area contributed by atoms with Crippen molar-refractivity contribution < 1.29 is 26.4 Å². The van der Waals surface area contributed by atoms with E-state index in [-0.39, 0.29) is 24.3 Å². The zero-order valence-electron chi connectivity index (χ0n) is 32.1. The van der Waals surface area contributed by atoms with Crippen LogP contribution in [0, 0.1) is 0 Å². The van der Waals surface area contributed by atoms with Gasteiger partial charge in [0.2, 0.25) is 31.9 Å². The van der Waals surface area contributed by atoms with Crippen LogP contribution in [0.3, 0.4) is 0 Å². The number of carbonyl (C=O) groups is 2. The molecule has 2 aromatic carbocycles. The molecule has 2 saturated heterocycles. The van der Waals surface area contributed by atoms with Gasteiger partial charge in [-0.3, -0.25) is 9.59 Å². The van der Waals surface area contributed by atoms with E-state index in [1.165, 1.54) is 23.0 Å². The lowest BCUT2D eigenvalue weighted by Gasteiger charge is -2.35. The summed E-state index contributed by atoms with van der Waals surface area (Å²) in [7, 11) is -2.97. The minimum atomic E-state index is -3.14. The van der Waals surface area contributed by atoms with E-state index in [2.05, 4.69) is 51.0 Å². The van der Waals surface area contributed by atoms with E-state index in [0.29, 0.717) is 75.9 Å². The van der Waals surface area contributed by atoms with Crippen LogP contribution in [0.25, 0.3) is 0 Å². The Bertz CT molecular complexity index is 2250. The Morgan fingerprint density at radius 1 is 0.638 bits per heavy atom. The van der Waals surface area contributed by atoms with Crippen molar-refractivity contribution in [3.63, 3.8) is 0 Å². The van der Waals surface area contributed by atoms with Crippen molar-refractivity contribution in [2.45, 2.75) is 14.4 Å². The van der Waals surface area contributed by atoms with Gasteiger partial charge in [-0.1, -0.05) is 7.43 Å². The Hall–Kier alpha value is -5.84. The number of primary amides is 2. The molecule has 0 aliphatic carbocycles. The molecule has 0 radical (unpaired) electrons. The predicted octanol–water partition coefficient (Wildman–Crippen LogP) is 1.91. The molecule has 2 aliphatic rings. The first-order chi connectivity index (χ1) is 27.1. The Balaban J connectivity index is 0.000000252. The van der Waals surface area contributed by atoms with Crippen LogP contribution in [0.15, 0.2) is 60.9 Å². The van der Waals surface area contributed by atoms with Gasteiger partial charge in [-0.05, 0) is 55.5 Å². The molecular weight excluding hydrogens is 789 g/mol. The summed E-state index contributed by atoms with van der Waals surface area (Å²) in [5.41, 5.74) is 14.6. The van der Waals surface area contributed by atoms with E-state index in [1.54, 1.807) is 25.3 Å². The van der Waals surface area contributed by atoms with Gasteiger partial charge in [0, 0.05) is 102 Å². The number of benzene rings is 2. The minimum Gasteiger partial charge on any atom is -0.372 e. The van der Waals surface area contributed by atoms with Crippen LogP contribution in [0.2, 0.25) is 0 Å². The van der Waals surface area contributed by atoms with Crippen LogP contribution in [-0.2, 0) is 20.0 Å². The molecule has 0 unspecified atom stereocenters. The van der Waals surface area contributed by atoms with Gasteiger partial charge in [-0.2, -0.15) is 18.6 Å². The smallest absolute Gasteiger partial charge is 0.254 e. The Kier molecular flexibility index (Phi) is 15.1. The average Bonchev–Trinajstić information content (AvgIpc) is 3.21. The van der Waals surface area contributed by atoms with E-state index >= 15 is 0 Å². The second-order valence-electron chi connectivity index (χ2n) is 12.9. The molecule has 6 rings (SSSR count). The number of hydrogen-bond donors (Lipinski definition) is 6. The highest BCUT2D eigenvalue weighted by Crippen LogP contribution is 2.24. The fraction of sp³-hybridized carbons (Fsp3) is 0.389. The van der Waals surface area contributed by atoms with Crippen LogP contribution >= 0.6 is 0 Å². The highest BCUT2D eigenvalue weighted by atomic mass is 32.2. The van der Waals surface area contributed by atoms with Crippen LogP contribution in [0.1, 0.15) is 35.1 Å². The van der Waals surface area contributed by atoms with Crippen LogP contribution in [0.4, 0.5) is 46.3 Å². The van der Waals surface area contributed by atoms with Crippen molar-refractivity contribution in [1.82, 2.24) is 28.5 Å². The molecule has 2 fully saturated rings. The second-order valence-corrected chi connectivity index (χ2v) is 17.2. The Morgan fingerprint density at radius 3 is 1.31 bits per heavy atom. The van der Waals surface area contributed by atoms with Crippen molar-refractivity contribution in [3.05, 3.63) is 72.1 Å². The molecule has 2 aromatic heterocycles. The maximum absolute atomic E-state index is 12.0. The first kappa shape index (κ1) is 44.9. The summed E-state index contributed by atoms with van der Waals surface area (Å²) in [6, 6.07) is 15.4. The molecule has 4 heterocycles. The van der Waals surface area contributed by atoms with Gasteiger partial charge in [0.1, 0.15) is 11.6 Å². The summed E-state index contributed by atoms with van der Waals surface area (Å²) in [5, 5.41) is 11.8. The van der Waals surface area contributed by atoms with E-state index in [9.17, 15) is 26.4 Å². The second kappa shape index (κ2) is 19.5. The van der Waals surface area contributed by atoms with Crippen molar-refractivity contribution in [3.8, 4) is 0 Å². The monoisotopic (exact) mass is 840 g/mol. The van der Waals surface area contributed by atoms with Gasteiger partial charge in [0.15, 0.2) is 0 Å². The molecular formula is C36H52N14O6S2. The lowest BCUT2D eigenvalue weighted by Crippen LogP contribution is -2.49. The number of amides is 2. The summed E-state index contributed by atoms with van der Waals surface area (Å²) in [5.74, 6) is 0.310. The van der Waals surface area contributed by atoms with Gasteiger partial charge in [-0.25, -0.2) is 26.8 Å². The number of nitrogens with two attached hydrogens (primary N) is 2. The summed E-state index contributed by atoms with van der Waals surface area (Å²) >= 11 is 0. The first-order valence-corrected chi connectivity index (χ1v) is 21.4. The summed E-state index contributed by atoms with van der Waals surface area (Å²) in [6.45, 7) is 6.18. The number of hydrogen-bond acceptors (Lipinski definition) is 16. The van der Waals surface area contributed by atoms with Crippen molar-refractivity contribution >= 4 is 78.1 Å². The van der Waals surface area contributed by atoms with Gasteiger partial charge < -0.3 is 42.5 Å². The zero-order chi connectivity index (χ0) is 41.3. The maximum Gasteiger partial charge on any atom is 0.254 e. The molecule has 22 heteroatoms. The quantitative estimate of drug-likeness (QED) is 0.112. The number of anilines is 8. The number of rotatable bonds is 13. The molecule has 58 heavy (non-hydrogen) atoms. The largest absolute Gasteiger partial charge is 0.372 e. The van der Waals surface area contributed by atoms with Gasteiger partial charge >= 0.3 is 0 Å². The molecule has 0 bridgehead atoms. The lowest BCUT2D eigenvalue weighted by molar-refractivity contribution is 0.0992. The molecule has 2 amide bonds. The maximum atomic E-state index is 12.0. The minimum absolute atomic E-state index is 0. The molecule has 8 N–H and O–H groups in total. The van der Waals surface area contributed by atoms with E-state index < -0.39 is 31.9 Å². The average molecular weight is 841 g/mol. The summed E-state index contributed by atoms with van der Waals surface area (Å²) in [6.07, 6.45) is 3.99. The highest BCUT2D eigenvalue weighted by molar-refractivity contribution is 7.89. The number of carbonyl (C=O) groups excluding carboxylic acids is 2. The first-order valence-electron chi connectivity index (χ1n) is 18.0. The Morgan fingerprint density at radius 2 is 1.00 bits per heavy atom. The fourth-order valence-electron chi connectivity index (χ4n) is 6.08. The van der Waals surface area contributed by atoms with Crippen molar-refractivity contribution in [2.24, 2.45) is 11.5 Å². The van der Waals surface area contributed by atoms with E-state index in [4.69, 9.17) is 11.5 Å². The van der Waals surface area contributed by atoms with Crippen LogP contribution in [0.5, 0.6) is 0 Å². The predicted molar refractivity (Wildman–Crippen MR) is 228 cm³/mol. The normalized spacial score (nSPS) is 15.0. The number of nitrogens with one attached hydrogen (secondary N) is 4. The third kappa shape index (κ3) is 11.4. The Labute approximate surface area is 339 Å². The molecule has 4 aromatic rings. The summed E-state index contributed by atoms with van der Waals surface area (Å²) in [4.78, 5) is 43.8. The van der Waals surface area contributed by atoms with Gasteiger partial charge in [-0.15, -0.1) is 0 Å². The van der Waals surface area contributed by atoms with E-state index in [0.717, 1.165) is 22.7 Å². The zero-order valence-corrected chi connectivity index (χ0v) is 33.8. The van der Waals surface area contributed by atoms with Crippen LogP contribution in [-0.4, -0.2) is 136 Å². The molecule has 20 nitrogen and oxygen atoms in total. The van der Waals surface area contributed by atoms with Crippen molar-refractivity contribution in [2.75, 3.05) is 110 Å². The topological polar surface area (TPSA) is 267 Å². The number of piperazine rings is 2. The summed E-state index contributed by atoms with van der Waals surface area (Å²) < 4.78 is 50.2. The third-order valence-electron chi connectivity index (χ3n) is 9.26. The van der Waals surface area contributed by atoms with Gasteiger partial charge in [0.25, 0.3) is 11.8 Å². The fourth-order valence-corrected chi connectivity index (χ4v) is 7.99. The molecule has 0 atom stereocenters. The van der Waals surface area contributed by atoms with Crippen LogP contribution < -0.4 is 42.5 Å². The number of sulfonamides is 2. The molecule has 314 valence electrons. The van der Waals surface area contributed by atoms with E-state index in [1.807, 2.05) is 48.5 Å². The standard InChI is InChI=1S/C18H25N7O3S.C17H23N7O3S.CH4/c1-3-29(27,28)25-10-8-24(9-11-25)14-6-4-13(5-7-14)22-18-21-12-15(16(19)26)17(20-2)23-18;1-19-16-14(15(18)25)11-20-17(22-16)21-12-3-5-13(6-4-12)23-7-9-24(10-8-23)28(2,26)27;/h4-7,12H,3,8-11H2,1-2H3,(H2,19,26)(H2,20,21,22,23);3-6,11H,7-10H2,1-2H3,(H2,18,25)(H2,19,20,21,22);1H4. The lowest BCUT2D eigenvalue weighted by atomic mass is 10.2. The van der Waals surface area contributed by atoms with Gasteiger partial charge in [0.05, 0.1) is 23.1 Å². The third-order valence-corrected chi connectivity index (χ3v) is 12.4. The highest BCUT2D eigenvalue weighted by Gasteiger charge is 2.26. The number of aromatic nitrogens is 4. The molecule has 0 spiro atoms. The molecule has 0 saturated carbocycles. The SMILES string of the molecule is C.CCS(=O)(=O)N1CCN(c2ccc(Nc3ncc(C(N)=O)c(NC)n3)cc2)CC1.CNc1nc(Nc2ccc(N3CCN(S(C)(=O)=O)CC3)cc2)ncc1C(N)=O.